The first-order valence-electron chi connectivity index (χ1n) is 7.04. The Morgan fingerprint density at radius 1 is 1.45 bits per heavy atom. The van der Waals surface area contributed by atoms with Crippen LogP contribution in [0.25, 0.3) is 0 Å². The third kappa shape index (κ3) is 4.83. The van der Waals surface area contributed by atoms with Crippen molar-refractivity contribution in [2.45, 2.75) is 6.92 Å². The zero-order valence-corrected chi connectivity index (χ0v) is 13.5. The van der Waals surface area contributed by atoms with Crippen molar-refractivity contribution >= 4 is 24.0 Å². The molecule has 1 unspecified atom stereocenters. The Balaban J connectivity index is 0.00000242. The van der Waals surface area contributed by atoms with Gasteiger partial charge in [0.05, 0.1) is 6.61 Å². The van der Waals surface area contributed by atoms with Crippen LogP contribution in [0.5, 0.6) is 5.75 Å². The van der Waals surface area contributed by atoms with Crippen molar-refractivity contribution in [2.24, 2.45) is 11.8 Å². The van der Waals surface area contributed by atoms with Crippen LogP contribution in [0.3, 0.4) is 0 Å². The van der Waals surface area contributed by atoms with Crippen molar-refractivity contribution in [3.05, 3.63) is 24.0 Å². The Morgan fingerprint density at radius 2 is 2.18 bits per heavy atom. The first-order valence-corrected chi connectivity index (χ1v) is 7.04. The number of hydrogen-bond donors (Lipinski definition) is 2. The number of methoxy groups -OCH3 is 1. The molecule has 124 valence electrons. The summed E-state index contributed by atoms with van der Waals surface area (Å²) in [5.74, 6) is -0.171. The molecule has 0 saturated carbocycles. The van der Waals surface area contributed by atoms with Crippen LogP contribution in [0.1, 0.15) is 6.92 Å². The third-order valence-corrected chi connectivity index (χ3v) is 3.68. The summed E-state index contributed by atoms with van der Waals surface area (Å²) in [6.07, 6.45) is 0. The number of benzene rings is 1. The highest BCUT2D eigenvalue weighted by atomic mass is 35.5. The number of nitrogens with one attached hydrogen (secondary N) is 2. The van der Waals surface area contributed by atoms with E-state index in [-0.39, 0.29) is 36.6 Å². The molecule has 2 N–H and O–H groups in total. The lowest BCUT2D eigenvalue weighted by atomic mass is 9.88. The van der Waals surface area contributed by atoms with Crippen LogP contribution in [-0.2, 0) is 9.53 Å². The largest absolute Gasteiger partial charge is 0.488 e. The van der Waals surface area contributed by atoms with Crippen molar-refractivity contribution in [2.75, 3.05) is 38.7 Å². The van der Waals surface area contributed by atoms with Crippen LogP contribution < -0.4 is 15.4 Å². The molecule has 1 saturated heterocycles. The van der Waals surface area contributed by atoms with E-state index in [0.29, 0.717) is 18.2 Å². The Bertz CT molecular complexity index is 498. The van der Waals surface area contributed by atoms with Gasteiger partial charge in [0, 0.05) is 24.8 Å². The van der Waals surface area contributed by atoms with Gasteiger partial charge in [-0.3, -0.25) is 4.79 Å². The number of carbonyl (C=O) groups excluding carboxylic acids is 1. The van der Waals surface area contributed by atoms with Crippen LogP contribution in [0.2, 0.25) is 0 Å². The molecule has 22 heavy (non-hydrogen) atoms. The summed E-state index contributed by atoms with van der Waals surface area (Å²) in [6, 6.07) is 4.41. The van der Waals surface area contributed by atoms with Gasteiger partial charge in [0.15, 0.2) is 11.6 Å². The molecule has 1 amide bonds. The second-order valence-electron chi connectivity index (χ2n) is 5.18. The molecular formula is C15H22ClFN2O3. The van der Waals surface area contributed by atoms with Crippen LogP contribution in [-0.4, -0.2) is 39.3 Å². The number of halogens is 2. The summed E-state index contributed by atoms with van der Waals surface area (Å²) in [5.41, 5.74) is 0.440. The zero-order chi connectivity index (χ0) is 15.2. The third-order valence-electron chi connectivity index (χ3n) is 3.68. The van der Waals surface area contributed by atoms with E-state index in [1.807, 2.05) is 6.92 Å². The molecule has 0 radical (unpaired) electrons. The molecule has 0 aliphatic carbocycles. The van der Waals surface area contributed by atoms with Gasteiger partial charge in [-0.15, -0.1) is 12.4 Å². The van der Waals surface area contributed by atoms with Gasteiger partial charge in [0.25, 0.3) is 0 Å². The van der Waals surface area contributed by atoms with Crippen molar-refractivity contribution in [1.29, 1.82) is 0 Å². The average Bonchev–Trinajstić information content (AvgIpc) is 2.39. The predicted octanol–water partition coefficient (Wildman–Crippen LogP) is 2.07. The summed E-state index contributed by atoms with van der Waals surface area (Å²) in [4.78, 5) is 12.0. The molecule has 2 rings (SSSR count). The molecule has 1 aliphatic rings. The first kappa shape index (κ1) is 18.7. The van der Waals surface area contributed by atoms with Crippen LogP contribution in [0, 0.1) is 17.7 Å². The summed E-state index contributed by atoms with van der Waals surface area (Å²) >= 11 is 0. The number of anilines is 1. The van der Waals surface area contributed by atoms with Crippen molar-refractivity contribution < 1.29 is 18.7 Å². The molecule has 1 aromatic rings. The van der Waals surface area contributed by atoms with Gasteiger partial charge in [-0.25, -0.2) is 4.39 Å². The molecule has 1 atom stereocenters. The lowest BCUT2D eigenvalue weighted by molar-refractivity contribution is -0.121. The van der Waals surface area contributed by atoms with Gasteiger partial charge in [0.1, 0.15) is 6.61 Å². The minimum Gasteiger partial charge on any atom is -0.488 e. The van der Waals surface area contributed by atoms with E-state index < -0.39 is 5.82 Å². The van der Waals surface area contributed by atoms with Gasteiger partial charge < -0.3 is 20.1 Å². The van der Waals surface area contributed by atoms with E-state index in [9.17, 15) is 9.18 Å². The highest BCUT2D eigenvalue weighted by Gasteiger charge is 2.28. The highest BCUT2D eigenvalue weighted by molar-refractivity contribution is 5.92. The van der Waals surface area contributed by atoms with Gasteiger partial charge >= 0.3 is 0 Å². The molecule has 5 nitrogen and oxygen atoms in total. The Hall–Kier alpha value is -1.37. The van der Waals surface area contributed by atoms with Crippen molar-refractivity contribution in [3.63, 3.8) is 0 Å². The van der Waals surface area contributed by atoms with E-state index in [0.717, 1.165) is 13.1 Å². The maximum Gasteiger partial charge on any atom is 0.227 e. The van der Waals surface area contributed by atoms with E-state index in [1.165, 1.54) is 12.1 Å². The van der Waals surface area contributed by atoms with E-state index in [1.54, 1.807) is 13.2 Å². The molecule has 0 bridgehead atoms. The SMILES string of the molecule is COCCOc1ccc(NC(=O)C(C)C2CNC2)cc1F.Cl. The zero-order valence-electron chi connectivity index (χ0n) is 12.7. The topological polar surface area (TPSA) is 59.6 Å². The Morgan fingerprint density at radius 3 is 2.73 bits per heavy atom. The normalized spacial score (nSPS) is 15.4. The number of hydrogen-bond acceptors (Lipinski definition) is 4. The van der Waals surface area contributed by atoms with Gasteiger partial charge in [-0.2, -0.15) is 0 Å². The van der Waals surface area contributed by atoms with Crippen molar-refractivity contribution in [3.8, 4) is 5.75 Å². The number of ether oxygens (including phenoxy) is 2. The van der Waals surface area contributed by atoms with E-state index >= 15 is 0 Å². The fourth-order valence-electron chi connectivity index (χ4n) is 2.07. The molecule has 1 fully saturated rings. The predicted molar refractivity (Wildman–Crippen MR) is 85.2 cm³/mol. The second-order valence-corrected chi connectivity index (χ2v) is 5.18. The fourth-order valence-corrected chi connectivity index (χ4v) is 2.07. The molecule has 0 spiro atoms. The molecule has 1 aliphatic heterocycles. The maximum absolute atomic E-state index is 13.8. The fraction of sp³-hybridized carbons (Fsp3) is 0.533. The van der Waals surface area contributed by atoms with Crippen LogP contribution in [0.15, 0.2) is 18.2 Å². The summed E-state index contributed by atoms with van der Waals surface area (Å²) in [6.45, 7) is 4.28. The number of rotatable bonds is 7. The molecule has 0 aromatic heterocycles. The van der Waals surface area contributed by atoms with Crippen molar-refractivity contribution in [1.82, 2.24) is 5.32 Å². The first-order chi connectivity index (χ1) is 10.1. The summed E-state index contributed by atoms with van der Waals surface area (Å²) in [5, 5.41) is 5.87. The highest BCUT2D eigenvalue weighted by Crippen LogP contribution is 2.23. The number of amides is 1. The van der Waals surface area contributed by atoms with Crippen LogP contribution in [0.4, 0.5) is 10.1 Å². The quantitative estimate of drug-likeness (QED) is 0.750. The smallest absolute Gasteiger partial charge is 0.227 e. The van der Waals surface area contributed by atoms with E-state index in [4.69, 9.17) is 9.47 Å². The summed E-state index contributed by atoms with van der Waals surface area (Å²) in [7, 11) is 1.55. The lowest BCUT2D eigenvalue weighted by Gasteiger charge is -2.31. The number of carbonyl (C=O) groups is 1. The Labute approximate surface area is 136 Å². The molecular weight excluding hydrogens is 311 g/mol. The maximum atomic E-state index is 13.8. The van der Waals surface area contributed by atoms with Gasteiger partial charge in [0.2, 0.25) is 5.91 Å². The summed E-state index contributed by atoms with van der Waals surface area (Å²) < 4.78 is 23.9. The second kappa shape index (κ2) is 8.92. The molecule has 1 aromatic carbocycles. The van der Waals surface area contributed by atoms with E-state index in [2.05, 4.69) is 10.6 Å². The van der Waals surface area contributed by atoms with Crippen LogP contribution >= 0.6 is 12.4 Å². The average molecular weight is 333 g/mol. The monoisotopic (exact) mass is 332 g/mol. The molecule has 7 heteroatoms. The Kier molecular flexibility index (Phi) is 7.58. The minimum atomic E-state index is -0.498. The standard InChI is InChI=1S/C15H21FN2O3.ClH/c1-10(11-8-17-9-11)15(19)18-12-3-4-14(13(16)7-12)21-6-5-20-2;/h3-4,7,10-11,17H,5-6,8-9H2,1-2H3,(H,18,19);1H. The van der Waals surface area contributed by atoms with Gasteiger partial charge in [-0.1, -0.05) is 6.92 Å². The van der Waals surface area contributed by atoms with Gasteiger partial charge in [-0.05, 0) is 31.1 Å². The lowest BCUT2D eigenvalue weighted by Crippen LogP contribution is -2.48. The minimum absolute atomic E-state index is 0. The molecule has 1 heterocycles.